The topological polar surface area (TPSA) is 63.9 Å². The standard InChI is InChI=1S/C14H18BrN5O/c1-19-7-10(15)6-12(14(19)21)18-13-8-20(9-17-13)11-2-4-16-5-3-11/h6-9,11,16,18H,2-5H2,1H3. The summed E-state index contributed by atoms with van der Waals surface area (Å²) in [6, 6.07) is 2.26. The molecular weight excluding hydrogens is 334 g/mol. The van der Waals surface area contributed by atoms with E-state index in [4.69, 9.17) is 0 Å². The fourth-order valence-corrected chi connectivity index (χ4v) is 3.14. The second-order valence-electron chi connectivity index (χ2n) is 5.30. The van der Waals surface area contributed by atoms with E-state index in [1.54, 1.807) is 19.3 Å². The zero-order valence-electron chi connectivity index (χ0n) is 11.8. The Bertz CT molecular complexity index is 687. The van der Waals surface area contributed by atoms with Gasteiger partial charge in [-0.25, -0.2) is 4.98 Å². The van der Waals surface area contributed by atoms with Crippen molar-refractivity contribution in [3.05, 3.63) is 39.6 Å². The number of aryl methyl sites for hydroxylation is 1. The number of pyridine rings is 1. The Morgan fingerprint density at radius 1 is 1.38 bits per heavy atom. The normalized spacial score (nSPS) is 16.1. The first-order valence-corrected chi connectivity index (χ1v) is 7.80. The minimum atomic E-state index is -0.0744. The number of nitrogens with one attached hydrogen (secondary N) is 2. The highest BCUT2D eigenvalue weighted by atomic mass is 79.9. The molecular formula is C14H18BrN5O. The summed E-state index contributed by atoms with van der Waals surface area (Å²) in [4.78, 5) is 16.4. The van der Waals surface area contributed by atoms with Crippen molar-refractivity contribution in [2.24, 2.45) is 7.05 Å². The molecule has 0 unspecified atom stereocenters. The average molecular weight is 352 g/mol. The number of anilines is 2. The van der Waals surface area contributed by atoms with E-state index >= 15 is 0 Å². The van der Waals surface area contributed by atoms with Gasteiger partial charge in [-0.05, 0) is 47.9 Å². The predicted octanol–water partition coefficient (Wildman–Crippen LogP) is 2.01. The maximum Gasteiger partial charge on any atom is 0.274 e. The number of aromatic nitrogens is 3. The minimum Gasteiger partial charge on any atom is -0.334 e. The Morgan fingerprint density at radius 2 is 2.14 bits per heavy atom. The van der Waals surface area contributed by atoms with Gasteiger partial charge in [-0.2, -0.15) is 0 Å². The zero-order valence-corrected chi connectivity index (χ0v) is 13.4. The lowest BCUT2D eigenvalue weighted by molar-refractivity contribution is 0.368. The van der Waals surface area contributed by atoms with Crippen LogP contribution >= 0.6 is 15.9 Å². The van der Waals surface area contributed by atoms with Gasteiger partial charge < -0.3 is 19.8 Å². The van der Waals surface area contributed by atoms with Crippen molar-refractivity contribution in [1.82, 2.24) is 19.4 Å². The molecule has 0 saturated carbocycles. The molecule has 1 aliphatic rings. The van der Waals surface area contributed by atoms with Gasteiger partial charge in [0.25, 0.3) is 5.56 Å². The van der Waals surface area contributed by atoms with Crippen LogP contribution in [-0.2, 0) is 7.05 Å². The molecule has 0 aromatic carbocycles. The van der Waals surface area contributed by atoms with E-state index < -0.39 is 0 Å². The lowest BCUT2D eigenvalue weighted by atomic mass is 10.1. The van der Waals surface area contributed by atoms with E-state index in [1.807, 2.05) is 12.5 Å². The van der Waals surface area contributed by atoms with Gasteiger partial charge >= 0.3 is 0 Å². The summed E-state index contributed by atoms with van der Waals surface area (Å²) in [5.74, 6) is 0.698. The highest BCUT2D eigenvalue weighted by Crippen LogP contribution is 2.21. The van der Waals surface area contributed by atoms with Gasteiger partial charge in [0.05, 0.1) is 6.33 Å². The Balaban J connectivity index is 1.80. The number of rotatable bonds is 3. The van der Waals surface area contributed by atoms with Crippen molar-refractivity contribution in [1.29, 1.82) is 0 Å². The third-order valence-electron chi connectivity index (χ3n) is 3.74. The molecule has 1 fully saturated rings. The first-order chi connectivity index (χ1) is 10.1. The SMILES string of the molecule is Cn1cc(Br)cc(Nc2cn(C3CCNCC3)cn2)c1=O. The van der Waals surface area contributed by atoms with Gasteiger partial charge in [-0.15, -0.1) is 0 Å². The molecule has 6 nitrogen and oxygen atoms in total. The van der Waals surface area contributed by atoms with Crippen LogP contribution in [-0.4, -0.2) is 27.2 Å². The number of nitrogens with zero attached hydrogens (tertiary/aromatic N) is 3. The molecule has 0 bridgehead atoms. The van der Waals surface area contributed by atoms with Crippen LogP contribution in [0, 0.1) is 0 Å². The molecule has 112 valence electrons. The average Bonchev–Trinajstić information content (AvgIpc) is 2.94. The maximum atomic E-state index is 12.1. The molecule has 2 aromatic heterocycles. The molecule has 3 heterocycles. The molecule has 0 radical (unpaired) electrons. The van der Waals surface area contributed by atoms with E-state index in [9.17, 15) is 4.79 Å². The quantitative estimate of drug-likeness (QED) is 0.887. The number of piperidine rings is 1. The summed E-state index contributed by atoms with van der Waals surface area (Å²) in [7, 11) is 1.73. The second kappa shape index (κ2) is 6.03. The monoisotopic (exact) mass is 351 g/mol. The molecule has 1 saturated heterocycles. The van der Waals surface area contributed by atoms with Gasteiger partial charge in [0.15, 0.2) is 0 Å². The summed E-state index contributed by atoms with van der Waals surface area (Å²) in [5.41, 5.74) is 0.442. The van der Waals surface area contributed by atoms with Crippen LogP contribution in [0.5, 0.6) is 0 Å². The predicted molar refractivity (Wildman–Crippen MR) is 86.0 cm³/mol. The molecule has 7 heteroatoms. The molecule has 0 amide bonds. The maximum absolute atomic E-state index is 12.1. The zero-order chi connectivity index (χ0) is 14.8. The first-order valence-electron chi connectivity index (χ1n) is 7.01. The van der Waals surface area contributed by atoms with Crippen LogP contribution in [0.4, 0.5) is 11.5 Å². The van der Waals surface area contributed by atoms with Crippen LogP contribution in [0.1, 0.15) is 18.9 Å². The lowest BCUT2D eigenvalue weighted by Gasteiger charge is -2.23. The fourth-order valence-electron chi connectivity index (χ4n) is 2.60. The Hall–Kier alpha value is -1.60. The molecule has 0 atom stereocenters. The van der Waals surface area contributed by atoms with Gasteiger partial charge in [0.2, 0.25) is 0 Å². The Labute approximate surface area is 131 Å². The van der Waals surface area contributed by atoms with Crippen LogP contribution in [0.25, 0.3) is 0 Å². The molecule has 2 N–H and O–H groups in total. The molecule has 0 aliphatic carbocycles. The van der Waals surface area contributed by atoms with Gasteiger partial charge in [-0.1, -0.05) is 0 Å². The van der Waals surface area contributed by atoms with Gasteiger partial charge in [-0.3, -0.25) is 4.79 Å². The molecule has 2 aromatic rings. The van der Waals surface area contributed by atoms with Crippen molar-refractivity contribution < 1.29 is 0 Å². The lowest BCUT2D eigenvalue weighted by Crippen LogP contribution is -2.28. The summed E-state index contributed by atoms with van der Waals surface area (Å²) in [6.45, 7) is 2.08. The van der Waals surface area contributed by atoms with E-state index in [1.165, 1.54) is 4.57 Å². The number of hydrogen-bond acceptors (Lipinski definition) is 4. The van der Waals surface area contributed by atoms with Gasteiger partial charge in [0, 0.05) is 30.0 Å². The number of hydrogen-bond donors (Lipinski definition) is 2. The summed E-state index contributed by atoms with van der Waals surface area (Å²) >= 11 is 3.40. The van der Waals surface area contributed by atoms with Crippen molar-refractivity contribution in [3.8, 4) is 0 Å². The van der Waals surface area contributed by atoms with Gasteiger partial charge in [0.1, 0.15) is 11.5 Å². The van der Waals surface area contributed by atoms with E-state index in [0.29, 0.717) is 17.5 Å². The number of imidazole rings is 1. The van der Waals surface area contributed by atoms with E-state index in [-0.39, 0.29) is 5.56 Å². The van der Waals surface area contributed by atoms with Crippen LogP contribution < -0.4 is 16.2 Å². The molecule has 21 heavy (non-hydrogen) atoms. The Kier molecular flexibility index (Phi) is 4.12. The Morgan fingerprint density at radius 3 is 2.90 bits per heavy atom. The third-order valence-corrected chi connectivity index (χ3v) is 4.18. The molecule has 3 rings (SSSR count). The van der Waals surface area contributed by atoms with Crippen LogP contribution in [0.3, 0.4) is 0 Å². The summed E-state index contributed by atoms with van der Waals surface area (Å²) in [5, 5.41) is 6.45. The highest BCUT2D eigenvalue weighted by Gasteiger charge is 2.15. The summed E-state index contributed by atoms with van der Waals surface area (Å²) in [6.07, 6.45) is 7.75. The van der Waals surface area contributed by atoms with E-state index in [0.717, 1.165) is 30.4 Å². The van der Waals surface area contributed by atoms with Crippen molar-refractivity contribution >= 4 is 27.4 Å². The summed E-state index contributed by atoms with van der Waals surface area (Å²) < 4.78 is 4.52. The molecule has 0 spiro atoms. The first kappa shape index (κ1) is 14.3. The molecule has 1 aliphatic heterocycles. The van der Waals surface area contributed by atoms with Crippen LogP contribution in [0.15, 0.2) is 34.1 Å². The largest absolute Gasteiger partial charge is 0.334 e. The van der Waals surface area contributed by atoms with Crippen LogP contribution in [0.2, 0.25) is 0 Å². The second-order valence-corrected chi connectivity index (χ2v) is 6.22. The van der Waals surface area contributed by atoms with Crippen molar-refractivity contribution in [3.63, 3.8) is 0 Å². The fraction of sp³-hybridized carbons (Fsp3) is 0.429. The van der Waals surface area contributed by atoms with E-state index in [2.05, 4.69) is 36.1 Å². The third kappa shape index (κ3) is 3.19. The smallest absolute Gasteiger partial charge is 0.274 e. The number of halogens is 1. The minimum absolute atomic E-state index is 0.0744. The highest BCUT2D eigenvalue weighted by molar-refractivity contribution is 9.10. The van der Waals surface area contributed by atoms with Crippen molar-refractivity contribution in [2.75, 3.05) is 18.4 Å². The van der Waals surface area contributed by atoms with Crippen molar-refractivity contribution in [2.45, 2.75) is 18.9 Å².